The number of hydrogen-bond donors (Lipinski definition) is 1. The lowest BCUT2D eigenvalue weighted by Crippen LogP contribution is -2.23. The second-order valence-electron chi connectivity index (χ2n) is 4.75. The molecule has 19 heavy (non-hydrogen) atoms. The number of rotatable bonds is 5. The first-order valence-corrected chi connectivity index (χ1v) is 7.00. The van der Waals surface area contributed by atoms with E-state index in [0.29, 0.717) is 22.6 Å². The van der Waals surface area contributed by atoms with Gasteiger partial charge in [-0.15, -0.1) is 0 Å². The van der Waals surface area contributed by atoms with E-state index in [4.69, 9.17) is 23.2 Å². The Labute approximate surface area is 123 Å². The zero-order valence-corrected chi connectivity index (χ0v) is 12.5. The minimum Gasteiger partial charge on any atom is -0.309 e. The third kappa shape index (κ3) is 3.96. The molecule has 2 rings (SSSR count). The topological polar surface area (TPSA) is 29.9 Å². The van der Waals surface area contributed by atoms with Crippen LogP contribution in [0.3, 0.4) is 0 Å². The van der Waals surface area contributed by atoms with Gasteiger partial charge in [-0.3, -0.25) is 4.68 Å². The smallest absolute Gasteiger partial charge is 0.0677 e. The molecule has 0 saturated carbocycles. The predicted octanol–water partition coefficient (Wildman–Crippen LogP) is 3.74. The van der Waals surface area contributed by atoms with Gasteiger partial charge in [0.1, 0.15) is 0 Å². The summed E-state index contributed by atoms with van der Waals surface area (Å²) in [6, 6.07) is 8.00. The fraction of sp³-hybridized carbons (Fsp3) is 0.357. The van der Waals surface area contributed by atoms with Crippen LogP contribution in [0.5, 0.6) is 0 Å². The van der Waals surface area contributed by atoms with E-state index in [2.05, 4.69) is 24.3 Å². The SMILES string of the molecule is CC(C)NCc1ccnn1Cc1ccc(Cl)cc1Cl. The molecule has 0 fully saturated rings. The van der Waals surface area contributed by atoms with Crippen LogP contribution in [0, 0.1) is 0 Å². The molecule has 0 unspecified atom stereocenters. The highest BCUT2D eigenvalue weighted by Crippen LogP contribution is 2.22. The van der Waals surface area contributed by atoms with Crippen LogP contribution >= 0.6 is 23.2 Å². The van der Waals surface area contributed by atoms with E-state index in [1.807, 2.05) is 22.9 Å². The number of nitrogens with zero attached hydrogens (tertiary/aromatic N) is 2. The third-order valence-electron chi connectivity index (χ3n) is 2.83. The van der Waals surface area contributed by atoms with Crippen LogP contribution in [-0.2, 0) is 13.1 Å². The molecule has 0 amide bonds. The molecule has 0 saturated heterocycles. The average molecular weight is 298 g/mol. The summed E-state index contributed by atoms with van der Waals surface area (Å²) in [7, 11) is 0. The second kappa shape index (κ2) is 6.42. The Morgan fingerprint density at radius 3 is 2.74 bits per heavy atom. The molecule has 0 atom stereocenters. The lowest BCUT2D eigenvalue weighted by molar-refractivity contribution is 0.547. The fourth-order valence-corrected chi connectivity index (χ4v) is 2.24. The molecular weight excluding hydrogens is 281 g/mol. The zero-order chi connectivity index (χ0) is 13.8. The number of nitrogens with one attached hydrogen (secondary N) is 1. The molecule has 5 heteroatoms. The van der Waals surface area contributed by atoms with E-state index >= 15 is 0 Å². The lowest BCUT2D eigenvalue weighted by Gasteiger charge is -2.11. The monoisotopic (exact) mass is 297 g/mol. The van der Waals surface area contributed by atoms with Crippen LogP contribution in [-0.4, -0.2) is 15.8 Å². The summed E-state index contributed by atoms with van der Waals surface area (Å²) < 4.78 is 1.95. The molecule has 0 bridgehead atoms. The standard InChI is InChI=1S/C14H17Cl2N3/c1-10(2)17-8-13-5-6-18-19(13)9-11-3-4-12(15)7-14(11)16/h3-7,10,17H,8-9H2,1-2H3. The summed E-state index contributed by atoms with van der Waals surface area (Å²) in [5, 5.41) is 9.04. The maximum atomic E-state index is 6.19. The Kier molecular flexibility index (Phi) is 4.86. The van der Waals surface area contributed by atoms with Gasteiger partial charge in [-0.2, -0.15) is 5.10 Å². The van der Waals surface area contributed by atoms with Crippen molar-refractivity contribution in [2.24, 2.45) is 0 Å². The van der Waals surface area contributed by atoms with E-state index in [-0.39, 0.29) is 0 Å². The molecule has 1 N–H and O–H groups in total. The summed E-state index contributed by atoms with van der Waals surface area (Å²) in [5.41, 5.74) is 2.15. The summed E-state index contributed by atoms with van der Waals surface area (Å²) in [4.78, 5) is 0. The van der Waals surface area contributed by atoms with Gasteiger partial charge in [0, 0.05) is 28.8 Å². The summed E-state index contributed by atoms with van der Waals surface area (Å²) in [5.74, 6) is 0. The van der Waals surface area contributed by atoms with Crippen molar-refractivity contribution in [3.63, 3.8) is 0 Å². The summed E-state index contributed by atoms with van der Waals surface area (Å²) in [6.45, 7) is 5.69. The Hall–Kier alpha value is -1.03. The average Bonchev–Trinajstić information content (AvgIpc) is 2.77. The first-order valence-electron chi connectivity index (χ1n) is 6.24. The normalized spacial score (nSPS) is 11.2. The molecule has 0 aliphatic carbocycles. The van der Waals surface area contributed by atoms with Gasteiger partial charge in [0.15, 0.2) is 0 Å². The van der Waals surface area contributed by atoms with Crippen LogP contribution in [0.25, 0.3) is 0 Å². The quantitative estimate of drug-likeness (QED) is 0.911. The Balaban J connectivity index is 2.12. The van der Waals surface area contributed by atoms with E-state index in [1.54, 1.807) is 12.3 Å². The van der Waals surface area contributed by atoms with Crippen LogP contribution in [0.4, 0.5) is 0 Å². The first-order chi connectivity index (χ1) is 9.06. The van der Waals surface area contributed by atoms with Gasteiger partial charge in [0.25, 0.3) is 0 Å². The first kappa shape index (κ1) is 14.4. The lowest BCUT2D eigenvalue weighted by atomic mass is 10.2. The molecule has 1 aromatic heterocycles. The Bertz CT molecular complexity index is 549. The minimum atomic E-state index is 0.447. The fourth-order valence-electron chi connectivity index (χ4n) is 1.77. The molecule has 2 aromatic rings. The van der Waals surface area contributed by atoms with Crippen LogP contribution in [0.2, 0.25) is 10.0 Å². The summed E-state index contributed by atoms with van der Waals surface area (Å²) in [6.07, 6.45) is 1.81. The van der Waals surface area contributed by atoms with E-state index < -0.39 is 0 Å². The Morgan fingerprint density at radius 2 is 2.05 bits per heavy atom. The molecule has 1 aromatic carbocycles. The van der Waals surface area contributed by atoms with Gasteiger partial charge in [-0.05, 0) is 23.8 Å². The van der Waals surface area contributed by atoms with E-state index in [1.165, 1.54) is 0 Å². The van der Waals surface area contributed by atoms with Gasteiger partial charge in [0.05, 0.1) is 12.2 Å². The van der Waals surface area contributed by atoms with Crippen molar-refractivity contribution in [1.82, 2.24) is 15.1 Å². The van der Waals surface area contributed by atoms with Crippen molar-refractivity contribution in [1.29, 1.82) is 0 Å². The van der Waals surface area contributed by atoms with Crippen molar-refractivity contribution < 1.29 is 0 Å². The number of benzene rings is 1. The van der Waals surface area contributed by atoms with Gasteiger partial charge in [-0.25, -0.2) is 0 Å². The largest absolute Gasteiger partial charge is 0.309 e. The van der Waals surface area contributed by atoms with E-state index in [0.717, 1.165) is 17.8 Å². The third-order valence-corrected chi connectivity index (χ3v) is 3.42. The predicted molar refractivity (Wildman–Crippen MR) is 79.8 cm³/mol. The van der Waals surface area contributed by atoms with Crippen molar-refractivity contribution in [2.45, 2.75) is 33.0 Å². The minimum absolute atomic E-state index is 0.447. The molecule has 0 aliphatic rings. The highest BCUT2D eigenvalue weighted by atomic mass is 35.5. The molecule has 0 aliphatic heterocycles. The number of aromatic nitrogens is 2. The maximum Gasteiger partial charge on any atom is 0.0677 e. The second-order valence-corrected chi connectivity index (χ2v) is 5.60. The van der Waals surface area contributed by atoms with Crippen molar-refractivity contribution in [3.8, 4) is 0 Å². The molecule has 1 heterocycles. The van der Waals surface area contributed by atoms with Gasteiger partial charge < -0.3 is 5.32 Å². The van der Waals surface area contributed by atoms with Crippen LogP contribution in [0.15, 0.2) is 30.5 Å². The molecule has 3 nitrogen and oxygen atoms in total. The molecule has 0 spiro atoms. The highest BCUT2D eigenvalue weighted by molar-refractivity contribution is 6.35. The summed E-state index contributed by atoms with van der Waals surface area (Å²) >= 11 is 12.1. The van der Waals surface area contributed by atoms with Crippen molar-refractivity contribution in [2.75, 3.05) is 0 Å². The van der Waals surface area contributed by atoms with Crippen molar-refractivity contribution >= 4 is 23.2 Å². The van der Waals surface area contributed by atoms with Gasteiger partial charge in [-0.1, -0.05) is 43.1 Å². The molecule has 0 radical (unpaired) electrons. The number of hydrogen-bond acceptors (Lipinski definition) is 2. The Morgan fingerprint density at radius 1 is 1.26 bits per heavy atom. The maximum absolute atomic E-state index is 6.19. The zero-order valence-electron chi connectivity index (χ0n) is 11.0. The van der Waals surface area contributed by atoms with Gasteiger partial charge >= 0.3 is 0 Å². The van der Waals surface area contributed by atoms with Gasteiger partial charge in [0.2, 0.25) is 0 Å². The highest BCUT2D eigenvalue weighted by Gasteiger charge is 2.07. The van der Waals surface area contributed by atoms with E-state index in [9.17, 15) is 0 Å². The van der Waals surface area contributed by atoms with Crippen molar-refractivity contribution in [3.05, 3.63) is 51.8 Å². The molecular formula is C14H17Cl2N3. The van der Waals surface area contributed by atoms with Crippen LogP contribution in [0.1, 0.15) is 25.1 Å². The number of halogens is 2. The van der Waals surface area contributed by atoms with Crippen LogP contribution < -0.4 is 5.32 Å². The molecule has 102 valence electrons.